The number of carbonyl (C=O) groups excluding carboxylic acids is 1. The molecule has 2 aliphatic carbocycles. The van der Waals surface area contributed by atoms with Crippen molar-refractivity contribution in [2.24, 2.45) is 5.92 Å². The van der Waals surface area contributed by atoms with E-state index in [9.17, 15) is 4.79 Å². The number of aryl methyl sites for hydroxylation is 1. The van der Waals surface area contributed by atoms with Gasteiger partial charge in [0.1, 0.15) is 5.75 Å². The summed E-state index contributed by atoms with van der Waals surface area (Å²) in [5, 5.41) is 3.58. The molecule has 1 amide bonds. The van der Waals surface area contributed by atoms with Crippen molar-refractivity contribution < 1.29 is 14.3 Å². The van der Waals surface area contributed by atoms with Crippen LogP contribution in [0.3, 0.4) is 0 Å². The molecule has 1 heterocycles. The molecule has 2 fully saturated rings. The maximum Gasteiger partial charge on any atom is 0.253 e. The highest BCUT2D eigenvalue weighted by atomic mass is 16.5. The van der Waals surface area contributed by atoms with Crippen molar-refractivity contribution in [3.8, 4) is 5.75 Å². The van der Waals surface area contributed by atoms with E-state index in [1.165, 1.54) is 29.5 Å². The average molecular weight is 463 g/mol. The minimum atomic E-state index is -0.0114. The zero-order valence-corrected chi connectivity index (χ0v) is 20.6. The second-order valence-electron chi connectivity index (χ2n) is 10.7. The normalized spacial score (nSPS) is 24.0. The van der Waals surface area contributed by atoms with Gasteiger partial charge < -0.3 is 19.7 Å². The van der Waals surface area contributed by atoms with Crippen molar-refractivity contribution in [1.82, 2.24) is 10.2 Å². The fourth-order valence-corrected chi connectivity index (χ4v) is 5.24. The van der Waals surface area contributed by atoms with Crippen molar-refractivity contribution in [2.75, 3.05) is 26.8 Å². The fourth-order valence-electron chi connectivity index (χ4n) is 5.24. The number of hydrogen-bond acceptors (Lipinski definition) is 4. The Morgan fingerprint density at radius 2 is 1.97 bits per heavy atom. The van der Waals surface area contributed by atoms with E-state index in [2.05, 4.69) is 30.4 Å². The van der Waals surface area contributed by atoms with E-state index >= 15 is 0 Å². The molecule has 0 radical (unpaired) electrons. The van der Waals surface area contributed by atoms with Gasteiger partial charge in [-0.05, 0) is 98.7 Å². The van der Waals surface area contributed by atoms with Crippen LogP contribution in [0.25, 0.3) is 0 Å². The van der Waals surface area contributed by atoms with Crippen molar-refractivity contribution >= 4 is 5.91 Å². The van der Waals surface area contributed by atoms with Gasteiger partial charge in [-0.3, -0.25) is 4.79 Å². The Balaban J connectivity index is 1.14. The lowest BCUT2D eigenvalue weighted by atomic mass is 9.86. The molecule has 5 nitrogen and oxygen atoms in total. The first-order chi connectivity index (χ1) is 16.5. The first-order valence-electron chi connectivity index (χ1n) is 12.9. The van der Waals surface area contributed by atoms with E-state index in [1.54, 1.807) is 0 Å². The number of amides is 1. The molecule has 0 bridgehead atoms. The van der Waals surface area contributed by atoms with Gasteiger partial charge in [0, 0.05) is 38.3 Å². The Morgan fingerprint density at radius 3 is 2.71 bits per heavy atom. The van der Waals surface area contributed by atoms with Crippen LogP contribution in [0.2, 0.25) is 0 Å². The second-order valence-corrected chi connectivity index (χ2v) is 10.7. The fraction of sp³-hybridized carbons (Fsp3) is 0.552. The Labute approximate surface area is 203 Å². The molecule has 1 saturated heterocycles. The van der Waals surface area contributed by atoms with Gasteiger partial charge in [0.15, 0.2) is 0 Å². The molecule has 1 unspecified atom stereocenters. The molecule has 2 atom stereocenters. The van der Waals surface area contributed by atoms with Gasteiger partial charge in [-0.15, -0.1) is 0 Å². The molecular weight excluding hydrogens is 424 g/mol. The SMILES string of the molecule is CN(C(=O)c1ccc(OCC2CC2)cc1)[C@H]1CCc2cc(CNCC3(C)CCCO3)ccc2C1. The molecule has 0 spiro atoms. The summed E-state index contributed by atoms with van der Waals surface area (Å²) in [4.78, 5) is 15.0. The number of rotatable bonds is 9. The highest BCUT2D eigenvalue weighted by Crippen LogP contribution is 2.30. The van der Waals surface area contributed by atoms with Crippen LogP contribution in [0.15, 0.2) is 42.5 Å². The van der Waals surface area contributed by atoms with E-state index in [1.807, 2.05) is 36.2 Å². The average Bonchev–Trinajstić information content (AvgIpc) is 3.60. The van der Waals surface area contributed by atoms with Crippen LogP contribution >= 0.6 is 0 Å². The van der Waals surface area contributed by atoms with Crippen LogP contribution < -0.4 is 10.1 Å². The van der Waals surface area contributed by atoms with Gasteiger partial charge in [0.25, 0.3) is 5.91 Å². The third kappa shape index (κ3) is 5.64. The molecule has 34 heavy (non-hydrogen) atoms. The molecule has 0 aromatic heterocycles. The summed E-state index contributed by atoms with van der Waals surface area (Å²) >= 11 is 0. The Hall–Kier alpha value is -2.37. The lowest BCUT2D eigenvalue weighted by Crippen LogP contribution is -2.40. The number of likely N-dealkylation sites (N-methyl/N-ethyl adjacent to an activating group) is 1. The molecule has 5 rings (SSSR count). The number of benzene rings is 2. The van der Waals surface area contributed by atoms with Crippen LogP contribution in [-0.2, 0) is 24.1 Å². The molecule has 3 aliphatic rings. The molecule has 5 heteroatoms. The minimum absolute atomic E-state index is 0.0114. The highest BCUT2D eigenvalue weighted by Gasteiger charge is 2.29. The van der Waals surface area contributed by atoms with Crippen molar-refractivity contribution in [3.05, 3.63) is 64.7 Å². The first kappa shape index (κ1) is 23.4. The summed E-state index contributed by atoms with van der Waals surface area (Å²) in [7, 11) is 1.94. The van der Waals surface area contributed by atoms with Gasteiger partial charge in [0.2, 0.25) is 0 Å². The maximum atomic E-state index is 13.1. The van der Waals surface area contributed by atoms with Gasteiger partial charge in [0.05, 0.1) is 12.2 Å². The van der Waals surface area contributed by atoms with Crippen LogP contribution in [0.1, 0.15) is 66.1 Å². The molecule has 1 saturated carbocycles. The number of nitrogens with one attached hydrogen (secondary N) is 1. The van der Waals surface area contributed by atoms with Crippen molar-refractivity contribution in [1.29, 1.82) is 0 Å². The van der Waals surface area contributed by atoms with Crippen molar-refractivity contribution in [3.63, 3.8) is 0 Å². The summed E-state index contributed by atoms with van der Waals surface area (Å²) in [6.07, 6.45) is 7.78. The molecule has 2 aromatic carbocycles. The van der Waals surface area contributed by atoms with E-state index in [-0.39, 0.29) is 17.6 Å². The molecular formula is C29H38N2O3. The smallest absolute Gasteiger partial charge is 0.253 e. The zero-order valence-electron chi connectivity index (χ0n) is 20.6. The van der Waals surface area contributed by atoms with Crippen molar-refractivity contribution in [2.45, 2.75) is 70.1 Å². The summed E-state index contributed by atoms with van der Waals surface area (Å²) < 4.78 is 11.7. The van der Waals surface area contributed by atoms with Crippen LogP contribution in [0, 0.1) is 5.92 Å². The monoisotopic (exact) mass is 462 g/mol. The Kier molecular flexibility index (Phi) is 6.94. The number of hydrogen-bond donors (Lipinski definition) is 1. The standard InChI is InChI=1S/C29H38N2O3/c1-29(14-3-15-34-29)20-30-18-22-6-7-25-17-26(11-8-24(25)16-22)31(2)28(32)23-9-12-27(13-10-23)33-19-21-4-5-21/h6-7,9-10,12-13,16,21,26,30H,3-5,8,11,14-15,17-20H2,1-2H3/t26-,29?/m0/s1. The minimum Gasteiger partial charge on any atom is -0.493 e. The van der Waals surface area contributed by atoms with Crippen LogP contribution in [0.4, 0.5) is 0 Å². The van der Waals surface area contributed by atoms with E-state index in [0.29, 0.717) is 0 Å². The Bertz CT molecular complexity index is 993. The summed E-state index contributed by atoms with van der Waals surface area (Å²) in [6, 6.07) is 14.7. The lowest BCUT2D eigenvalue weighted by molar-refractivity contribution is 0.0206. The molecule has 1 N–H and O–H groups in total. The molecule has 182 valence electrons. The van der Waals surface area contributed by atoms with Gasteiger partial charge in [-0.25, -0.2) is 0 Å². The third-order valence-electron chi connectivity index (χ3n) is 7.75. The predicted molar refractivity (Wildman–Crippen MR) is 134 cm³/mol. The van der Waals surface area contributed by atoms with Gasteiger partial charge in [-0.2, -0.15) is 0 Å². The number of nitrogens with zero attached hydrogens (tertiary/aromatic N) is 1. The first-order valence-corrected chi connectivity index (χ1v) is 12.9. The largest absolute Gasteiger partial charge is 0.493 e. The highest BCUT2D eigenvalue weighted by molar-refractivity contribution is 5.94. The zero-order chi connectivity index (χ0) is 23.5. The van der Waals surface area contributed by atoms with Crippen LogP contribution in [0.5, 0.6) is 5.75 Å². The lowest BCUT2D eigenvalue weighted by Gasteiger charge is -2.33. The molecule has 1 aliphatic heterocycles. The maximum absolute atomic E-state index is 13.1. The topological polar surface area (TPSA) is 50.8 Å². The van der Waals surface area contributed by atoms with Gasteiger partial charge in [-0.1, -0.05) is 18.2 Å². The van der Waals surface area contributed by atoms with Crippen LogP contribution in [-0.4, -0.2) is 49.3 Å². The molecule has 2 aromatic rings. The van der Waals surface area contributed by atoms with E-state index < -0.39 is 0 Å². The summed E-state index contributed by atoms with van der Waals surface area (Å²) in [6.45, 7) is 5.64. The van der Waals surface area contributed by atoms with E-state index in [4.69, 9.17) is 9.47 Å². The van der Waals surface area contributed by atoms with E-state index in [0.717, 1.165) is 75.6 Å². The second kappa shape index (κ2) is 10.1. The predicted octanol–water partition coefficient (Wildman–Crippen LogP) is 4.76. The Morgan fingerprint density at radius 1 is 1.15 bits per heavy atom. The summed E-state index contributed by atoms with van der Waals surface area (Å²) in [5.74, 6) is 1.67. The summed E-state index contributed by atoms with van der Waals surface area (Å²) in [5.41, 5.74) is 4.84. The van der Waals surface area contributed by atoms with Gasteiger partial charge >= 0.3 is 0 Å². The number of ether oxygens (including phenoxy) is 2. The number of carbonyl (C=O) groups is 1. The quantitative estimate of drug-likeness (QED) is 0.584. The third-order valence-corrected chi connectivity index (χ3v) is 7.75. The number of fused-ring (bicyclic) bond motifs is 1.